The van der Waals surface area contributed by atoms with Crippen molar-refractivity contribution in [1.29, 1.82) is 0 Å². The molecule has 0 aliphatic carbocycles. The maximum absolute atomic E-state index is 11.9. The van der Waals surface area contributed by atoms with Crippen LogP contribution in [0.5, 0.6) is 5.75 Å². The van der Waals surface area contributed by atoms with Gasteiger partial charge in [0.15, 0.2) is 0 Å². The van der Waals surface area contributed by atoms with E-state index in [2.05, 4.69) is 9.50 Å². The van der Waals surface area contributed by atoms with E-state index in [1.807, 2.05) is 0 Å². The van der Waals surface area contributed by atoms with Crippen molar-refractivity contribution in [3.05, 3.63) is 23.7 Å². The number of carbonyl (C=O) groups excluding carboxylic acids is 1. The number of ether oxygens (including phenoxy) is 1. The van der Waals surface area contributed by atoms with Gasteiger partial charge in [0.25, 0.3) is 10.1 Å². The fourth-order valence-corrected chi connectivity index (χ4v) is 1.74. The van der Waals surface area contributed by atoms with Gasteiger partial charge < -0.3 is 10.1 Å². The van der Waals surface area contributed by atoms with E-state index in [-0.39, 0.29) is 36.4 Å². The Hall–Kier alpha value is -1.60. The lowest BCUT2D eigenvalue weighted by molar-refractivity contribution is -0.116. The molecule has 116 valence electrons. The lowest BCUT2D eigenvalue weighted by Crippen LogP contribution is -2.18. The van der Waals surface area contributed by atoms with E-state index in [0.717, 1.165) is 6.07 Å². The molecule has 0 aromatic heterocycles. The van der Waals surface area contributed by atoms with Gasteiger partial charge in [-0.15, -0.1) is 0 Å². The summed E-state index contributed by atoms with van der Waals surface area (Å²) in [5, 5.41) is 2.13. The topological polar surface area (TPSA) is 81.7 Å². The SMILES string of the molecule is [2H]c1cc2c(c([2H])c1OCCCC([2H])([2H])OS(C)(=O)=O)NC(=O)C([2H])([2H])C2([2H])[2H]. The Morgan fingerprint density at radius 3 is 3.05 bits per heavy atom. The minimum absolute atomic E-state index is 0.0335. The number of carbonyl (C=O) groups is 1. The van der Waals surface area contributed by atoms with Crippen LogP contribution in [0.15, 0.2) is 18.2 Å². The van der Waals surface area contributed by atoms with Crippen LogP contribution in [-0.4, -0.2) is 33.7 Å². The molecule has 0 atom stereocenters. The molecule has 21 heavy (non-hydrogen) atoms. The number of rotatable bonds is 7. The Balaban J connectivity index is 2.19. The first-order chi connectivity index (χ1) is 13.0. The molecule has 0 spiro atoms. The first kappa shape index (κ1) is 8.14. The largest absolute Gasteiger partial charge is 0.494 e. The molecule has 0 saturated carbocycles. The zero-order valence-electron chi connectivity index (χ0n) is 19.1. The van der Waals surface area contributed by atoms with Crippen LogP contribution in [0.2, 0.25) is 0 Å². The van der Waals surface area contributed by atoms with Crippen LogP contribution in [0.25, 0.3) is 0 Å². The maximum atomic E-state index is 11.9. The molecular formula is C14H19NO5S. The summed E-state index contributed by atoms with van der Waals surface area (Å²) in [6.45, 7) is -2.68. The lowest BCUT2D eigenvalue weighted by Gasteiger charge is -2.17. The van der Waals surface area contributed by atoms with Gasteiger partial charge in [-0.1, -0.05) is 6.07 Å². The number of anilines is 1. The summed E-state index contributed by atoms with van der Waals surface area (Å²) >= 11 is 0. The van der Waals surface area contributed by atoms with Crippen LogP contribution in [0.1, 0.15) is 35.7 Å². The van der Waals surface area contributed by atoms with Crippen molar-refractivity contribution in [2.24, 2.45) is 0 Å². The molecule has 1 N–H and O–H groups in total. The zero-order valence-corrected chi connectivity index (χ0v) is 12.0. The maximum Gasteiger partial charge on any atom is 0.264 e. The average Bonchev–Trinajstić information content (AvgIpc) is 2.52. The van der Waals surface area contributed by atoms with Gasteiger partial charge in [0.2, 0.25) is 5.91 Å². The second-order valence-electron chi connectivity index (χ2n) is 4.12. The summed E-state index contributed by atoms with van der Waals surface area (Å²) in [4.78, 5) is 11.9. The molecule has 1 aliphatic heterocycles. The van der Waals surface area contributed by atoms with Gasteiger partial charge in [0.1, 0.15) is 5.75 Å². The molecule has 1 aliphatic rings. The van der Waals surface area contributed by atoms with Gasteiger partial charge in [-0.2, -0.15) is 8.42 Å². The van der Waals surface area contributed by atoms with Gasteiger partial charge in [0, 0.05) is 23.6 Å². The first-order valence-electron chi connectivity index (χ1n) is 9.99. The molecule has 7 heteroatoms. The van der Waals surface area contributed by atoms with Crippen LogP contribution in [0.4, 0.5) is 5.69 Å². The Kier molecular flexibility index (Phi) is 2.68. The number of amides is 1. The molecule has 0 fully saturated rings. The summed E-state index contributed by atoms with van der Waals surface area (Å²) in [5.41, 5.74) is -0.667. The van der Waals surface area contributed by atoms with Crippen LogP contribution in [0.3, 0.4) is 0 Å². The Labute approximate surface area is 135 Å². The van der Waals surface area contributed by atoms with Gasteiger partial charge in [-0.3, -0.25) is 8.98 Å². The smallest absolute Gasteiger partial charge is 0.264 e. The number of hydrogen-bond donors (Lipinski definition) is 1. The fraction of sp³-hybridized carbons (Fsp3) is 0.500. The quantitative estimate of drug-likeness (QED) is 0.611. The van der Waals surface area contributed by atoms with Crippen LogP contribution in [-0.2, 0) is 25.5 Å². The van der Waals surface area contributed by atoms with Gasteiger partial charge in [-0.05, 0) is 30.8 Å². The number of aryl methyl sites for hydroxylation is 1. The summed E-state index contributed by atoms with van der Waals surface area (Å²) in [5.74, 6) is -1.58. The van der Waals surface area contributed by atoms with E-state index in [1.165, 1.54) is 0 Å². The monoisotopic (exact) mass is 321 g/mol. The Morgan fingerprint density at radius 1 is 1.48 bits per heavy atom. The van der Waals surface area contributed by atoms with Crippen molar-refractivity contribution in [3.63, 3.8) is 0 Å². The van der Waals surface area contributed by atoms with Crippen molar-refractivity contribution in [1.82, 2.24) is 0 Å². The van der Waals surface area contributed by atoms with E-state index in [1.54, 1.807) is 0 Å². The molecule has 0 saturated heterocycles. The summed E-state index contributed by atoms with van der Waals surface area (Å²) in [6.07, 6.45) is -5.35. The number of fused-ring (bicyclic) bond motifs is 1. The molecule has 1 amide bonds. The third-order valence-corrected chi connectivity index (χ3v) is 2.71. The average molecular weight is 321 g/mol. The lowest BCUT2D eigenvalue weighted by atomic mass is 10.0. The highest BCUT2D eigenvalue weighted by atomic mass is 32.2. The summed E-state index contributed by atoms with van der Waals surface area (Å²) < 4.78 is 93.9. The molecule has 1 aromatic carbocycles. The van der Waals surface area contributed by atoms with Crippen molar-refractivity contribution in [3.8, 4) is 5.75 Å². The predicted molar refractivity (Wildman–Crippen MR) is 78.9 cm³/mol. The minimum Gasteiger partial charge on any atom is -0.494 e. The Morgan fingerprint density at radius 2 is 2.29 bits per heavy atom. The van der Waals surface area contributed by atoms with E-state index >= 15 is 0 Å². The molecule has 6 nitrogen and oxygen atoms in total. The van der Waals surface area contributed by atoms with Crippen molar-refractivity contribution in [2.75, 3.05) is 24.7 Å². The third kappa shape index (κ3) is 5.35. The molecule has 1 heterocycles. The van der Waals surface area contributed by atoms with Gasteiger partial charge in [-0.25, -0.2) is 0 Å². The Bertz CT molecular complexity index is 934. The zero-order chi connectivity index (χ0) is 22.4. The van der Waals surface area contributed by atoms with E-state index in [0.29, 0.717) is 6.26 Å². The van der Waals surface area contributed by atoms with Crippen molar-refractivity contribution < 1.29 is 33.1 Å². The number of hydrogen-bond acceptors (Lipinski definition) is 5. The summed E-state index contributed by atoms with van der Waals surface area (Å²) in [6, 6.07) is 0.0297. The normalized spacial score (nSPS) is 25.5. The molecule has 0 radical (unpaired) electrons. The van der Waals surface area contributed by atoms with Crippen LogP contribution in [0, 0.1) is 0 Å². The molecular weight excluding hydrogens is 294 g/mol. The van der Waals surface area contributed by atoms with Gasteiger partial charge >= 0.3 is 0 Å². The molecule has 0 unspecified atom stereocenters. The highest BCUT2D eigenvalue weighted by Crippen LogP contribution is 2.27. The molecule has 1 aromatic rings. The molecule has 0 bridgehead atoms. The predicted octanol–water partition coefficient (Wildman–Crippen LogP) is 1.71. The first-order valence-corrected chi connectivity index (χ1v) is 7.81. The second-order valence-corrected chi connectivity index (χ2v) is 5.69. The van der Waals surface area contributed by atoms with Gasteiger partial charge in [0.05, 0.1) is 24.9 Å². The van der Waals surface area contributed by atoms with E-state index < -0.39 is 47.4 Å². The third-order valence-electron chi connectivity index (χ3n) is 2.28. The highest BCUT2D eigenvalue weighted by Gasteiger charge is 2.14. The highest BCUT2D eigenvalue weighted by molar-refractivity contribution is 7.85. The fourth-order valence-electron chi connectivity index (χ4n) is 1.44. The summed E-state index contributed by atoms with van der Waals surface area (Å²) in [7, 11) is -4.00. The number of benzene rings is 1. The number of nitrogens with one attached hydrogen (secondary N) is 1. The van der Waals surface area contributed by atoms with E-state index in [9.17, 15) is 13.2 Å². The molecule has 2 rings (SSSR count). The standard InChI is InChI=1S/C14H19NO5S/c1-21(17,18)20-9-3-2-8-19-12-6-4-11-5-7-14(16)15-13(11)10-12/h4,6,10H,2-3,5,7-9H2,1H3,(H,15,16)/i5D2,6D,7D2,9D2,10D. The second kappa shape index (κ2) is 6.91. The van der Waals surface area contributed by atoms with Crippen LogP contribution >= 0.6 is 0 Å². The minimum atomic E-state index is -4.00. The van der Waals surface area contributed by atoms with Crippen molar-refractivity contribution in [2.45, 2.75) is 25.6 Å². The van der Waals surface area contributed by atoms with Crippen LogP contribution < -0.4 is 10.1 Å². The van der Waals surface area contributed by atoms with Crippen molar-refractivity contribution >= 4 is 21.7 Å². The van der Waals surface area contributed by atoms with E-state index in [4.69, 9.17) is 15.7 Å².